The van der Waals surface area contributed by atoms with Crippen LogP contribution in [0.5, 0.6) is 17.2 Å². The van der Waals surface area contributed by atoms with Crippen LogP contribution in [0.25, 0.3) is 5.65 Å². The summed E-state index contributed by atoms with van der Waals surface area (Å²) in [6.07, 6.45) is 11.5. The minimum absolute atomic E-state index is 0.295. The third-order valence-electron chi connectivity index (χ3n) is 5.39. The van der Waals surface area contributed by atoms with Gasteiger partial charge >= 0.3 is 0 Å². The van der Waals surface area contributed by atoms with E-state index in [1.54, 1.807) is 29.1 Å². The lowest BCUT2D eigenvalue weighted by Crippen LogP contribution is -2.15. The van der Waals surface area contributed by atoms with Gasteiger partial charge in [-0.25, -0.2) is 9.97 Å². The largest absolute Gasteiger partial charge is 0.493 e. The SMILES string of the molecule is CCCCCCCCc1cc(NC(=O)c2cc(OC)c(OC)c(OC)c2)n2cncc2n1. The van der Waals surface area contributed by atoms with Gasteiger partial charge in [0, 0.05) is 17.3 Å². The van der Waals surface area contributed by atoms with Gasteiger partial charge in [0.25, 0.3) is 5.91 Å². The van der Waals surface area contributed by atoms with Gasteiger partial charge in [-0.15, -0.1) is 0 Å². The third kappa shape index (κ3) is 5.49. The number of ether oxygens (including phenoxy) is 3. The minimum Gasteiger partial charge on any atom is -0.493 e. The molecule has 0 aliphatic heterocycles. The van der Waals surface area contributed by atoms with Crippen molar-refractivity contribution in [1.29, 1.82) is 0 Å². The van der Waals surface area contributed by atoms with Crippen LogP contribution in [0, 0.1) is 0 Å². The number of hydrogen-bond acceptors (Lipinski definition) is 6. The molecule has 0 atom stereocenters. The summed E-state index contributed by atoms with van der Waals surface area (Å²) in [5.74, 6) is 1.60. The van der Waals surface area contributed by atoms with Crippen LogP contribution in [0.2, 0.25) is 0 Å². The number of unbranched alkanes of at least 4 members (excludes halogenated alkanes) is 5. The number of nitrogens with one attached hydrogen (secondary N) is 1. The van der Waals surface area contributed by atoms with E-state index in [-0.39, 0.29) is 5.91 Å². The number of amides is 1. The molecule has 172 valence electrons. The van der Waals surface area contributed by atoms with Crippen molar-refractivity contribution in [3.8, 4) is 17.2 Å². The number of carbonyl (C=O) groups is 1. The van der Waals surface area contributed by atoms with Crippen molar-refractivity contribution >= 4 is 17.4 Å². The molecule has 0 spiro atoms. The summed E-state index contributed by atoms with van der Waals surface area (Å²) >= 11 is 0. The highest BCUT2D eigenvalue weighted by molar-refractivity contribution is 6.04. The monoisotopic (exact) mass is 440 g/mol. The van der Waals surface area contributed by atoms with Crippen molar-refractivity contribution in [1.82, 2.24) is 14.4 Å². The molecule has 0 bridgehead atoms. The Morgan fingerprint density at radius 3 is 2.31 bits per heavy atom. The maximum Gasteiger partial charge on any atom is 0.257 e. The molecular weight excluding hydrogens is 408 g/mol. The second-order valence-electron chi connectivity index (χ2n) is 7.64. The average Bonchev–Trinajstić information content (AvgIpc) is 3.29. The summed E-state index contributed by atoms with van der Waals surface area (Å²) in [6.45, 7) is 2.22. The lowest BCUT2D eigenvalue weighted by Gasteiger charge is -2.15. The lowest BCUT2D eigenvalue weighted by molar-refractivity contribution is 0.102. The smallest absolute Gasteiger partial charge is 0.257 e. The molecule has 0 saturated carbocycles. The number of benzene rings is 1. The van der Waals surface area contributed by atoms with Crippen LogP contribution in [-0.2, 0) is 6.42 Å². The predicted molar refractivity (Wildman–Crippen MR) is 124 cm³/mol. The molecule has 3 aromatic rings. The van der Waals surface area contributed by atoms with E-state index in [9.17, 15) is 4.79 Å². The van der Waals surface area contributed by atoms with Crippen molar-refractivity contribution in [2.45, 2.75) is 51.9 Å². The summed E-state index contributed by atoms with van der Waals surface area (Å²) in [5.41, 5.74) is 2.03. The Hall–Kier alpha value is -3.29. The molecule has 2 aromatic heterocycles. The fourth-order valence-corrected chi connectivity index (χ4v) is 3.67. The normalized spacial score (nSPS) is 10.9. The van der Waals surface area contributed by atoms with Gasteiger partial charge in [0.2, 0.25) is 5.75 Å². The second-order valence-corrected chi connectivity index (χ2v) is 7.64. The van der Waals surface area contributed by atoms with Crippen molar-refractivity contribution in [3.63, 3.8) is 0 Å². The fourth-order valence-electron chi connectivity index (χ4n) is 3.67. The van der Waals surface area contributed by atoms with E-state index in [4.69, 9.17) is 14.2 Å². The van der Waals surface area contributed by atoms with Crippen molar-refractivity contribution in [2.75, 3.05) is 26.6 Å². The molecule has 8 heteroatoms. The molecule has 0 aliphatic rings. The Morgan fingerprint density at radius 1 is 0.969 bits per heavy atom. The number of imidazole rings is 1. The highest BCUT2D eigenvalue weighted by Crippen LogP contribution is 2.38. The van der Waals surface area contributed by atoms with Crippen molar-refractivity contribution in [2.24, 2.45) is 0 Å². The van der Waals surface area contributed by atoms with Crippen LogP contribution in [-0.4, -0.2) is 41.6 Å². The van der Waals surface area contributed by atoms with E-state index in [0.717, 1.165) is 18.5 Å². The number of methoxy groups -OCH3 is 3. The summed E-state index contributed by atoms with van der Waals surface area (Å²) in [7, 11) is 4.56. The number of aromatic nitrogens is 3. The van der Waals surface area contributed by atoms with Gasteiger partial charge in [0.05, 0.1) is 27.5 Å². The Bertz CT molecular complexity index is 1020. The average molecular weight is 441 g/mol. The zero-order chi connectivity index (χ0) is 22.9. The minimum atomic E-state index is -0.295. The van der Waals surface area contributed by atoms with Gasteiger partial charge in [0.15, 0.2) is 17.1 Å². The first-order valence-corrected chi connectivity index (χ1v) is 11.0. The summed E-state index contributed by atoms with van der Waals surface area (Å²) in [4.78, 5) is 21.9. The molecule has 0 aliphatic carbocycles. The van der Waals surface area contributed by atoms with Crippen LogP contribution < -0.4 is 19.5 Å². The van der Waals surface area contributed by atoms with Crippen LogP contribution in [0.1, 0.15) is 61.5 Å². The first-order chi connectivity index (χ1) is 15.6. The van der Waals surface area contributed by atoms with E-state index >= 15 is 0 Å². The van der Waals surface area contributed by atoms with Gasteiger partial charge in [-0.05, 0) is 25.0 Å². The molecule has 1 aromatic carbocycles. The molecule has 0 radical (unpaired) electrons. The summed E-state index contributed by atoms with van der Waals surface area (Å²) in [6, 6.07) is 5.16. The van der Waals surface area contributed by atoms with Gasteiger partial charge in [-0.2, -0.15) is 0 Å². The van der Waals surface area contributed by atoms with E-state index in [2.05, 4.69) is 22.2 Å². The zero-order valence-corrected chi connectivity index (χ0v) is 19.3. The second kappa shape index (κ2) is 11.4. The molecule has 1 amide bonds. The van der Waals surface area contributed by atoms with Crippen LogP contribution in [0.4, 0.5) is 5.82 Å². The Kier molecular flexibility index (Phi) is 8.30. The maximum atomic E-state index is 13.1. The summed E-state index contributed by atoms with van der Waals surface area (Å²) in [5, 5.41) is 2.98. The van der Waals surface area contributed by atoms with E-state index in [0.29, 0.717) is 34.3 Å². The predicted octanol–water partition coefficient (Wildman–Crippen LogP) is 4.91. The molecule has 0 unspecified atom stereocenters. The van der Waals surface area contributed by atoms with Gasteiger partial charge in [0.1, 0.15) is 12.1 Å². The van der Waals surface area contributed by atoms with E-state index < -0.39 is 0 Å². The molecule has 2 heterocycles. The number of nitrogens with zero attached hydrogens (tertiary/aromatic N) is 3. The number of carbonyl (C=O) groups excluding carboxylic acids is 1. The molecule has 8 nitrogen and oxygen atoms in total. The third-order valence-corrected chi connectivity index (χ3v) is 5.39. The highest BCUT2D eigenvalue weighted by atomic mass is 16.5. The molecule has 32 heavy (non-hydrogen) atoms. The van der Waals surface area contributed by atoms with Gasteiger partial charge in [-0.3, -0.25) is 9.20 Å². The first kappa shape index (κ1) is 23.4. The number of anilines is 1. The standard InChI is InChI=1S/C24H32N4O4/c1-5-6-7-8-9-10-11-18-14-21(28-16-25-15-22(28)26-18)27-24(29)17-12-19(30-2)23(32-4)20(13-17)31-3/h12-16H,5-11H2,1-4H3,(H,27,29). The lowest BCUT2D eigenvalue weighted by atomic mass is 10.1. The van der Waals surface area contributed by atoms with Gasteiger partial charge in [-0.1, -0.05) is 39.0 Å². The number of fused-ring (bicyclic) bond motifs is 1. The highest BCUT2D eigenvalue weighted by Gasteiger charge is 2.18. The Morgan fingerprint density at radius 2 is 1.66 bits per heavy atom. The van der Waals surface area contributed by atoms with Crippen molar-refractivity contribution < 1.29 is 19.0 Å². The Balaban J connectivity index is 1.79. The molecule has 0 fully saturated rings. The molecular formula is C24H32N4O4. The fraction of sp³-hybridized carbons (Fsp3) is 0.458. The molecule has 1 N–H and O–H groups in total. The van der Waals surface area contributed by atoms with E-state index in [1.807, 2.05) is 6.07 Å². The van der Waals surface area contributed by atoms with Crippen LogP contribution >= 0.6 is 0 Å². The quantitative estimate of drug-likeness (QED) is 0.403. The maximum absolute atomic E-state index is 13.1. The number of aryl methyl sites for hydroxylation is 1. The summed E-state index contributed by atoms with van der Waals surface area (Å²) < 4.78 is 17.8. The van der Waals surface area contributed by atoms with Crippen molar-refractivity contribution in [3.05, 3.63) is 42.0 Å². The van der Waals surface area contributed by atoms with Crippen LogP contribution in [0.15, 0.2) is 30.7 Å². The zero-order valence-electron chi connectivity index (χ0n) is 19.3. The van der Waals surface area contributed by atoms with Crippen LogP contribution in [0.3, 0.4) is 0 Å². The topological polar surface area (TPSA) is 87.0 Å². The number of hydrogen-bond donors (Lipinski definition) is 1. The molecule has 0 saturated heterocycles. The van der Waals surface area contributed by atoms with E-state index in [1.165, 1.54) is 53.4 Å². The Labute approximate surface area is 188 Å². The van der Waals surface area contributed by atoms with Gasteiger partial charge < -0.3 is 19.5 Å². The number of rotatable bonds is 12. The molecule has 3 rings (SSSR count). The first-order valence-electron chi connectivity index (χ1n) is 11.0.